The number of carbonyl (C=O) groups excluding carboxylic acids is 1. The molecule has 2 heterocycles. The number of benzene rings is 3. The van der Waals surface area contributed by atoms with Gasteiger partial charge in [0.05, 0.1) is 6.26 Å². The van der Waals surface area contributed by atoms with E-state index in [0.717, 1.165) is 22.5 Å². The second-order valence-electron chi connectivity index (χ2n) is 7.72. The fourth-order valence-electron chi connectivity index (χ4n) is 3.57. The summed E-state index contributed by atoms with van der Waals surface area (Å²) in [4.78, 5) is 13.5. The number of para-hydroxylation sites is 1. The summed E-state index contributed by atoms with van der Waals surface area (Å²) in [6.45, 7) is 2.02. The lowest BCUT2D eigenvalue weighted by atomic mass is 10.1. The molecule has 0 radical (unpaired) electrons. The van der Waals surface area contributed by atoms with Gasteiger partial charge in [0.25, 0.3) is 0 Å². The van der Waals surface area contributed by atoms with Gasteiger partial charge in [0.2, 0.25) is 11.7 Å². The van der Waals surface area contributed by atoms with Gasteiger partial charge >= 0.3 is 0 Å². The van der Waals surface area contributed by atoms with Gasteiger partial charge in [-0.05, 0) is 48.9 Å². The van der Waals surface area contributed by atoms with Crippen molar-refractivity contribution in [2.75, 3.05) is 5.32 Å². The average molecular weight is 467 g/mol. The van der Waals surface area contributed by atoms with Crippen LogP contribution in [0.25, 0.3) is 17.3 Å². The highest BCUT2D eigenvalue weighted by Crippen LogP contribution is 2.38. The number of aryl methyl sites for hydroxylation is 1. The Labute approximate surface area is 201 Å². The lowest BCUT2D eigenvalue weighted by molar-refractivity contribution is -0.115. The van der Waals surface area contributed by atoms with E-state index >= 15 is 0 Å². The maximum atomic E-state index is 13.5. The van der Waals surface area contributed by atoms with E-state index in [1.807, 2.05) is 109 Å². The number of aromatic nitrogens is 3. The van der Waals surface area contributed by atoms with Crippen LogP contribution >= 0.6 is 11.8 Å². The topological polar surface area (TPSA) is 73.0 Å². The van der Waals surface area contributed by atoms with Gasteiger partial charge in [-0.3, -0.25) is 9.36 Å². The van der Waals surface area contributed by atoms with Gasteiger partial charge in [0.15, 0.2) is 10.9 Å². The summed E-state index contributed by atoms with van der Waals surface area (Å²) >= 11 is 1.35. The third-order valence-electron chi connectivity index (χ3n) is 5.27. The third-order valence-corrected chi connectivity index (χ3v) is 6.47. The lowest BCUT2D eigenvalue weighted by Gasteiger charge is -2.17. The number of anilines is 1. The Kier molecular flexibility index (Phi) is 6.27. The summed E-state index contributed by atoms with van der Waals surface area (Å²) in [5.74, 6) is 1.04. The fraction of sp³-hybridized carbons (Fsp3) is 0.0741. The lowest BCUT2D eigenvalue weighted by Crippen LogP contribution is -2.19. The molecular weight excluding hydrogens is 444 g/mol. The van der Waals surface area contributed by atoms with Crippen molar-refractivity contribution in [2.24, 2.45) is 0 Å². The van der Waals surface area contributed by atoms with E-state index < -0.39 is 5.25 Å². The van der Waals surface area contributed by atoms with Crippen molar-refractivity contribution < 1.29 is 9.21 Å². The summed E-state index contributed by atoms with van der Waals surface area (Å²) < 4.78 is 7.52. The van der Waals surface area contributed by atoms with Crippen LogP contribution in [-0.2, 0) is 4.79 Å². The van der Waals surface area contributed by atoms with Gasteiger partial charge < -0.3 is 9.73 Å². The van der Waals surface area contributed by atoms with Crippen LogP contribution in [0.5, 0.6) is 0 Å². The van der Waals surface area contributed by atoms with Crippen LogP contribution in [0.1, 0.15) is 16.4 Å². The zero-order chi connectivity index (χ0) is 23.3. The maximum Gasteiger partial charge on any atom is 0.242 e. The molecule has 1 N–H and O–H groups in total. The molecule has 0 bridgehead atoms. The van der Waals surface area contributed by atoms with Gasteiger partial charge in [-0.15, -0.1) is 10.2 Å². The van der Waals surface area contributed by atoms with Gasteiger partial charge in [0.1, 0.15) is 5.25 Å². The molecule has 5 rings (SSSR count). The highest BCUT2D eigenvalue weighted by molar-refractivity contribution is 8.00. The van der Waals surface area contributed by atoms with E-state index in [4.69, 9.17) is 4.42 Å². The first kappa shape index (κ1) is 21.7. The monoisotopic (exact) mass is 466 g/mol. The van der Waals surface area contributed by atoms with E-state index in [1.54, 1.807) is 6.26 Å². The third kappa shape index (κ3) is 4.65. The first-order valence-electron chi connectivity index (χ1n) is 10.8. The van der Waals surface area contributed by atoms with Crippen molar-refractivity contribution in [1.29, 1.82) is 0 Å². The average Bonchev–Trinajstić information content (AvgIpc) is 3.55. The van der Waals surface area contributed by atoms with Gasteiger partial charge in [-0.1, -0.05) is 78.0 Å². The number of furan rings is 1. The Hall–Kier alpha value is -4.10. The number of nitrogens with one attached hydrogen (secondary N) is 1. The van der Waals surface area contributed by atoms with Crippen molar-refractivity contribution in [3.05, 3.63) is 114 Å². The van der Waals surface area contributed by atoms with Crippen molar-refractivity contribution in [1.82, 2.24) is 14.8 Å². The van der Waals surface area contributed by atoms with E-state index in [1.165, 1.54) is 11.8 Å². The predicted octanol–water partition coefficient (Wildman–Crippen LogP) is 6.31. The van der Waals surface area contributed by atoms with E-state index in [0.29, 0.717) is 16.7 Å². The van der Waals surface area contributed by atoms with E-state index in [-0.39, 0.29) is 5.91 Å². The summed E-state index contributed by atoms with van der Waals surface area (Å²) in [6.07, 6.45) is 1.61. The first-order chi connectivity index (χ1) is 16.7. The largest absolute Gasteiger partial charge is 0.461 e. The van der Waals surface area contributed by atoms with Crippen LogP contribution < -0.4 is 5.32 Å². The highest BCUT2D eigenvalue weighted by atomic mass is 32.2. The number of thioether (sulfide) groups is 1. The molecule has 0 aliphatic rings. The molecule has 168 valence electrons. The zero-order valence-corrected chi connectivity index (χ0v) is 19.3. The van der Waals surface area contributed by atoms with Crippen molar-refractivity contribution in [3.8, 4) is 17.3 Å². The standard InChI is InChI=1S/C27H22N4O2S/c1-19-14-16-21(17-15-19)28-26(32)24(20-9-4-2-5-10-20)34-27-30-29-25(23-13-8-18-33-23)31(27)22-11-6-3-7-12-22/h2-18,24H,1H3,(H,28,32). The van der Waals surface area contributed by atoms with Crippen LogP contribution in [0.15, 0.2) is 113 Å². The molecule has 1 atom stereocenters. The summed E-state index contributed by atoms with van der Waals surface area (Å²) in [6, 6.07) is 30.9. The number of nitrogens with zero attached hydrogens (tertiary/aromatic N) is 3. The van der Waals surface area contributed by atoms with E-state index in [9.17, 15) is 4.79 Å². The predicted molar refractivity (Wildman–Crippen MR) is 134 cm³/mol. The quantitative estimate of drug-likeness (QED) is 0.285. The molecule has 0 spiro atoms. The second kappa shape index (κ2) is 9.80. The number of hydrogen-bond acceptors (Lipinski definition) is 5. The fourth-order valence-corrected chi connectivity index (χ4v) is 4.63. The molecule has 1 amide bonds. The number of hydrogen-bond donors (Lipinski definition) is 1. The maximum absolute atomic E-state index is 13.5. The Morgan fingerprint density at radius 3 is 2.26 bits per heavy atom. The minimum absolute atomic E-state index is 0.137. The van der Waals surface area contributed by atoms with Crippen molar-refractivity contribution in [3.63, 3.8) is 0 Å². The molecule has 7 heteroatoms. The Morgan fingerprint density at radius 2 is 1.59 bits per heavy atom. The molecule has 0 saturated heterocycles. The zero-order valence-electron chi connectivity index (χ0n) is 18.5. The Bertz CT molecular complexity index is 1370. The molecule has 0 saturated carbocycles. The molecule has 2 aromatic heterocycles. The Balaban J connectivity index is 1.54. The normalized spacial score (nSPS) is 11.8. The minimum Gasteiger partial charge on any atom is -0.461 e. The summed E-state index contributed by atoms with van der Waals surface area (Å²) in [7, 11) is 0. The molecule has 0 aliphatic heterocycles. The Morgan fingerprint density at radius 1 is 0.882 bits per heavy atom. The van der Waals surface area contributed by atoms with Crippen molar-refractivity contribution in [2.45, 2.75) is 17.3 Å². The van der Waals surface area contributed by atoms with Crippen LogP contribution in [0.3, 0.4) is 0 Å². The molecule has 0 fully saturated rings. The van der Waals surface area contributed by atoms with Gasteiger partial charge in [-0.2, -0.15) is 0 Å². The van der Waals surface area contributed by atoms with Crippen LogP contribution in [0, 0.1) is 6.92 Å². The summed E-state index contributed by atoms with van der Waals surface area (Å²) in [5, 5.41) is 11.9. The second-order valence-corrected chi connectivity index (χ2v) is 8.79. The smallest absolute Gasteiger partial charge is 0.242 e. The number of amides is 1. The summed E-state index contributed by atoms with van der Waals surface area (Å²) in [5.41, 5.74) is 3.64. The van der Waals surface area contributed by atoms with Crippen molar-refractivity contribution >= 4 is 23.4 Å². The first-order valence-corrected chi connectivity index (χ1v) is 11.7. The SMILES string of the molecule is Cc1ccc(NC(=O)C(Sc2nnc(-c3ccco3)n2-c2ccccc2)c2ccccc2)cc1. The van der Waals surface area contributed by atoms with Crippen LogP contribution in [0.4, 0.5) is 5.69 Å². The number of carbonyl (C=O) groups is 1. The molecular formula is C27H22N4O2S. The molecule has 0 aliphatic carbocycles. The number of rotatable bonds is 7. The molecule has 1 unspecified atom stereocenters. The molecule has 6 nitrogen and oxygen atoms in total. The van der Waals surface area contributed by atoms with Gasteiger partial charge in [-0.25, -0.2) is 0 Å². The highest BCUT2D eigenvalue weighted by Gasteiger charge is 2.27. The van der Waals surface area contributed by atoms with E-state index in [2.05, 4.69) is 15.5 Å². The molecule has 34 heavy (non-hydrogen) atoms. The molecule has 5 aromatic rings. The van der Waals surface area contributed by atoms with Gasteiger partial charge in [0, 0.05) is 11.4 Å². The molecule has 3 aromatic carbocycles. The van der Waals surface area contributed by atoms with Crippen LogP contribution in [-0.4, -0.2) is 20.7 Å². The minimum atomic E-state index is -0.543. The van der Waals surface area contributed by atoms with Crippen LogP contribution in [0.2, 0.25) is 0 Å².